The molecule has 0 fully saturated rings. The summed E-state index contributed by atoms with van der Waals surface area (Å²) in [4.78, 5) is 0.209. The number of aliphatic hydroxyl groups excluding tert-OH is 1. The van der Waals surface area contributed by atoms with Crippen molar-refractivity contribution in [3.05, 3.63) is 59.7 Å². The molecule has 2 rings (SSSR count). The van der Waals surface area contributed by atoms with Crippen molar-refractivity contribution in [1.82, 2.24) is 4.31 Å². The van der Waals surface area contributed by atoms with E-state index in [-0.39, 0.29) is 29.2 Å². The van der Waals surface area contributed by atoms with Crippen molar-refractivity contribution in [3.63, 3.8) is 0 Å². The van der Waals surface area contributed by atoms with Crippen LogP contribution < -0.4 is 11.1 Å². The van der Waals surface area contributed by atoms with Gasteiger partial charge in [0.1, 0.15) is 5.84 Å². The molecular formula is C22H32N4O3S. The first-order chi connectivity index (χ1) is 14.0. The maximum Gasteiger partial charge on any atom is 0.242 e. The number of hydrogen-bond donors (Lipinski definition) is 4. The van der Waals surface area contributed by atoms with Gasteiger partial charge in [0.2, 0.25) is 10.0 Å². The van der Waals surface area contributed by atoms with Gasteiger partial charge in [-0.25, -0.2) is 8.42 Å². The van der Waals surface area contributed by atoms with E-state index in [0.29, 0.717) is 5.56 Å². The molecule has 0 amide bonds. The lowest BCUT2D eigenvalue weighted by Crippen LogP contribution is -2.37. The Hall–Kier alpha value is -2.42. The highest BCUT2D eigenvalue weighted by Gasteiger charge is 2.24. The van der Waals surface area contributed by atoms with Crippen molar-refractivity contribution < 1.29 is 13.5 Å². The topological polar surface area (TPSA) is 120 Å². The number of likely N-dealkylation sites (N-methyl/N-ethyl adjacent to an activating group) is 1. The molecule has 164 valence electrons. The van der Waals surface area contributed by atoms with Crippen molar-refractivity contribution in [2.75, 3.05) is 25.5 Å². The third-order valence-electron chi connectivity index (χ3n) is 5.43. The first kappa shape index (κ1) is 23.9. The van der Waals surface area contributed by atoms with Crippen LogP contribution in [0, 0.1) is 5.41 Å². The van der Waals surface area contributed by atoms with E-state index in [1.54, 1.807) is 36.4 Å². The number of nitrogens with two attached hydrogens (primary N) is 1. The number of rotatable bonds is 10. The van der Waals surface area contributed by atoms with E-state index in [1.807, 2.05) is 12.1 Å². The van der Waals surface area contributed by atoms with Gasteiger partial charge in [-0.15, -0.1) is 0 Å². The summed E-state index contributed by atoms with van der Waals surface area (Å²) in [5.74, 6) is -0.0142. The van der Waals surface area contributed by atoms with Crippen LogP contribution in [-0.4, -0.2) is 49.9 Å². The molecule has 7 nitrogen and oxygen atoms in total. The smallest absolute Gasteiger partial charge is 0.242 e. The van der Waals surface area contributed by atoms with Crippen LogP contribution in [0.1, 0.15) is 38.3 Å². The van der Waals surface area contributed by atoms with E-state index >= 15 is 0 Å². The minimum absolute atomic E-state index is 0.0142. The average Bonchev–Trinajstić information content (AvgIpc) is 2.72. The molecule has 0 aliphatic carbocycles. The van der Waals surface area contributed by atoms with Gasteiger partial charge in [0.25, 0.3) is 0 Å². The first-order valence-electron chi connectivity index (χ1n) is 9.90. The minimum atomic E-state index is -3.69. The van der Waals surface area contributed by atoms with Crippen LogP contribution in [0.25, 0.3) is 0 Å². The monoisotopic (exact) mass is 432 g/mol. The average molecular weight is 433 g/mol. The Morgan fingerprint density at radius 2 is 1.73 bits per heavy atom. The van der Waals surface area contributed by atoms with Gasteiger partial charge in [0, 0.05) is 31.4 Å². The highest BCUT2D eigenvalue weighted by Crippen LogP contribution is 2.28. The summed E-state index contributed by atoms with van der Waals surface area (Å²) in [5, 5.41) is 20.7. The Labute approximate surface area is 179 Å². The molecule has 0 aliphatic rings. The molecule has 0 aromatic heterocycles. The number of anilines is 1. The van der Waals surface area contributed by atoms with Gasteiger partial charge in [0.05, 0.1) is 11.0 Å². The van der Waals surface area contributed by atoms with Gasteiger partial charge in [-0.1, -0.05) is 32.9 Å². The molecule has 0 spiro atoms. The molecule has 0 bridgehead atoms. The predicted molar refractivity (Wildman–Crippen MR) is 122 cm³/mol. The van der Waals surface area contributed by atoms with E-state index in [2.05, 4.69) is 26.1 Å². The third-order valence-corrected chi connectivity index (χ3v) is 7.27. The van der Waals surface area contributed by atoms with Gasteiger partial charge in [0.15, 0.2) is 0 Å². The molecule has 0 aliphatic heterocycles. The van der Waals surface area contributed by atoms with Crippen molar-refractivity contribution >= 4 is 21.5 Å². The largest absolute Gasteiger partial charge is 0.390 e. The zero-order chi connectivity index (χ0) is 22.5. The number of nitrogens with one attached hydrogen (secondary N) is 2. The molecule has 1 unspecified atom stereocenters. The normalized spacial score (nSPS) is 13.3. The number of benzene rings is 2. The molecule has 30 heavy (non-hydrogen) atoms. The van der Waals surface area contributed by atoms with Crippen LogP contribution in [-0.2, 0) is 15.4 Å². The van der Waals surface area contributed by atoms with Crippen molar-refractivity contribution in [2.45, 2.75) is 43.6 Å². The molecule has 2 aromatic rings. The van der Waals surface area contributed by atoms with Crippen LogP contribution in [0.15, 0.2) is 53.4 Å². The summed E-state index contributed by atoms with van der Waals surface area (Å²) < 4.78 is 26.8. The van der Waals surface area contributed by atoms with E-state index < -0.39 is 16.1 Å². The maximum atomic E-state index is 12.8. The molecule has 5 N–H and O–H groups in total. The van der Waals surface area contributed by atoms with Crippen molar-refractivity contribution in [3.8, 4) is 0 Å². The number of nitrogens with zero attached hydrogens (tertiary/aromatic N) is 1. The summed E-state index contributed by atoms with van der Waals surface area (Å²) >= 11 is 0. The lowest BCUT2D eigenvalue weighted by atomic mass is 9.82. The molecule has 8 heteroatoms. The number of nitrogen functional groups attached to an aromatic ring is 1. The Kier molecular flexibility index (Phi) is 7.63. The first-order valence-corrected chi connectivity index (χ1v) is 11.3. The summed E-state index contributed by atoms with van der Waals surface area (Å²) in [6.45, 7) is 6.50. The van der Waals surface area contributed by atoms with E-state index in [9.17, 15) is 13.5 Å². The molecule has 0 saturated carbocycles. The predicted octanol–water partition coefficient (Wildman–Crippen LogP) is 2.75. The fourth-order valence-corrected chi connectivity index (χ4v) is 4.13. The summed E-state index contributed by atoms with van der Waals surface area (Å²) in [5.41, 5.74) is 7.86. The van der Waals surface area contributed by atoms with Crippen molar-refractivity contribution in [2.24, 2.45) is 5.73 Å². The number of sulfonamides is 1. The lowest BCUT2D eigenvalue weighted by Gasteiger charge is -2.24. The van der Waals surface area contributed by atoms with E-state index in [1.165, 1.54) is 7.05 Å². The summed E-state index contributed by atoms with van der Waals surface area (Å²) in [6.07, 6.45) is 0.0610. The molecule has 1 atom stereocenters. The van der Waals surface area contributed by atoms with E-state index in [0.717, 1.165) is 22.0 Å². The molecule has 0 radical (unpaired) electrons. The second-order valence-corrected chi connectivity index (χ2v) is 10.1. The Balaban J connectivity index is 1.98. The molecule has 0 saturated heterocycles. The van der Waals surface area contributed by atoms with Gasteiger partial charge in [-0.05, 0) is 53.8 Å². The van der Waals surface area contributed by atoms with Gasteiger partial charge < -0.3 is 16.2 Å². The zero-order valence-corrected chi connectivity index (χ0v) is 18.8. The second-order valence-electron chi connectivity index (χ2n) is 8.07. The minimum Gasteiger partial charge on any atom is -0.390 e. The number of amidine groups is 1. The Morgan fingerprint density at radius 3 is 2.23 bits per heavy atom. The van der Waals surface area contributed by atoms with Crippen LogP contribution in [0.3, 0.4) is 0 Å². The van der Waals surface area contributed by atoms with E-state index in [4.69, 9.17) is 11.1 Å². The lowest BCUT2D eigenvalue weighted by molar-refractivity contribution is 0.164. The SMILES string of the molecule is CCC(C)(C)c1ccc(S(=O)(=O)N(C)CC(O)CNc2ccc(C(=N)N)cc2)cc1. The Bertz CT molecular complexity index is 955. The van der Waals surface area contributed by atoms with Crippen molar-refractivity contribution in [1.29, 1.82) is 5.41 Å². The second kappa shape index (κ2) is 9.59. The summed E-state index contributed by atoms with van der Waals surface area (Å²) in [7, 11) is -2.23. The quantitative estimate of drug-likeness (QED) is 0.340. The van der Waals surface area contributed by atoms with Gasteiger partial charge in [-0.2, -0.15) is 4.31 Å². The van der Waals surface area contributed by atoms with Crippen LogP contribution in [0.4, 0.5) is 5.69 Å². The highest BCUT2D eigenvalue weighted by molar-refractivity contribution is 7.89. The molecule has 2 aromatic carbocycles. The highest BCUT2D eigenvalue weighted by atomic mass is 32.2. The summed E-state index contributed by atoms with van der Waals surface area (Å²) in [6, 6.07) is 13.9. The van der Waals surface area contributed by atoms with Gasteiger partial charge in [-0.3, -0.25) is 5.41 Å². The molecule has 0 heterocycles. The Morgan fingerprint density at radius 1 is 1.17 bits per heavy atom. The number of aliphatic hydroxyl groups is 1. The maximum absolute atomic E-state index is 12.8. The zero-order valence-electron chi connectivity index (χ0n) is 18.0. The molecular weight excluding hydrogens is 400 g/mol. The van der Waals surface area contributed by atoms with Crippen LogP contribution in [0.2, 0.25) is 0 Å². The number of hydrogen-bond acceptors (Lipinski definition) is 5. The fraction of sp³-hybridized carbons (Fsp3) is 0.409. The third kappa shape index (κ3) is 5.81. The standard InChI is InChI=1S/C22H32N4O3S/c1-5-22(2,3)17-8-12-20(13-9-17)30(28,29)26(4)15-19(27)14-25-18-10-6-16(7-11-18)21(23)24/h6-13,19,25,27H,5,14-15H2,1-4H3,(H3,23,24). The van der Waals surface area contributed by atoms with Gasteiger partial charge >= 0.3 is 0 Å². The van der Waals surface area contributed by atoms with Crippen LogP contribution in [0.5, 0.6) is 0 Å². The fourth-order valence-electron chi connectivity index (χ4n) is 2.92. The van der Waals surface area contributed by atoms with Crippen LogP contribution >= 0.6 is 0 Å².